The Balaban J connectivity index is 2.57. The minimum Gasteiger partial charge on any atom is -0.473 e. The molecule has 7 nitrogen and oxygen atoms in total. The molecule has 1 aromatic heterocycles. The van der Waals surface area contributed by atoms with Crippen LogP contribution in [-0.2, 0) is 14.8 Å². The number of nitrogens with zero attached hydrogens (tertiary/aromatic N) is 1. The maximum atomic E-state index is 11.8. The van der Waals surface area contributed by atoms with E-state index in [1.165, 1.54) is 37.6 Å². The molecule has 9 heteroatoms. The third kappa shape index (κ3) is 3.57. The predicted octanol–water partition coefficient (Wildman–Crippen LogP) is 1.42. The number of thiazole rings is 1. The molecule has 21 heavy (non-hydrogen) atoms. The second kappa shape index (κ2) is 5.80. The van der Waals surface area contributed by atoms with Gasteiger partial charge in [0.25, 0.3) is 5.19 Å². The molecule has 0 saturated carbocycles. The summed E-state index contributed by atoms with van der Waals surface area (Å²) >= 11 is 1.20. The zero-order valence-corrected chi connectivity index (χ0v) is 12.9. The second-order valence-corrected chi connectivity index (χ2v) is 6.65. The van der Waals surface area contributed by atoms with Gasteiger partial charge in [-0.3, -0.25) is 4.79 Å². The van der Waals surface area contributed by atoms with Crippen LogP contribution in [0.3, 0.4) is 0 Å². The lowest BCUT2D eigenvalue weighted by Gasteiger charge is -2.09. The average molecular weight is 327 g/mol. The van der Waals surface area contributed by atoms with Gasteiger partial charge in [0.15, 0.2) is 0 Å². The van der Waals surface area contributed by atoms with Gasteiger partial charge >= 0.3 is 0 Å². The summed E-state index contributed by atoms with van der Waals surface area (Å²) in [5.74, 6) is -0.303. The van der Waals surface area contributed by atoms with Crippen molar-refractivity contribution in [1.82, 2.24) is 4.98 Å². The Hall–Kier alpha value is -1.97. The number of aromatic nitrogens is 1. The Labute approximate surface area is 125 Å². The van der Waals surface area contributed by atoms with Crippen LogP contribution in [0.5, 0.6) is 5.19 Å². The van der Waals surface area contributed by atoms with Crippen molar-refractivity contribution in [2.45, 2.75) is 11.8 Å². The van der Waals surface area contributed by atoms with Gasteiger partial charge in [-0.25, -0.2) is 18.5 Å². The summed E-state index contributed by atoms with van der Waals surface area (Å²) in [5.41, 5.74) is 0.763. The first kappa shape index (κ1) is 15.4. The Morgan fingerprint density at radius 1 is 1.43 bits per heavy atom. The van der Waals surface area contributed by atoms with E-state index >= 15 is 0 Å². The Morgan fingerprint density at radius 2 is 2.14 bits per heavy atom. The Bertz CT molecular complexity index is 784. The summed E-state index contributed by atoms with van der Waals surface area (Å²) in [5, 5.41) is 8.18. The zero-order chi connectivity index (χ0) is 15.6. The number of carbonyl (C=O) groups is 1. The van der Waals surface area contributed by atoms with Crippen molar-refractivity contribution in [3.8, 4) is 15.6 Å². The number of nitrogens with two attached hydrogens (primary N) is 1. The van der Waals surface area contributed by atoms with Crippen molar-refractivity contribution >= 4 is 33.0 Å². The highest BCUT2D eigenvalue weighted by Crippen LogP contribution is 2.35. The highest BCUT2D eigenvalue weighted by molar-refractivity contribution is 7.89. The van der Waals surface area contributed by atoms with Gasteiger partial charge in [-0.2, -0.15) is 0 Å². The first-order valence-corrected chi connectivity index (χ1v) is 8.12. The molecule has 0 radical (unpaired) electrons. The molecular weight excluding hydrogens is 314 g/mol. The molecule has 112 valence electrons. The Kier molecular flexibility index (Phi) is 4.26. The number of anilines is 1. The van der Waals surface area contributed by atoms with E-state index in [4.69, 9.17) is 9.88 Å². The number of benzene rings is 1. The van der Waals surface area contributed by atoms with Gasteiger partial charge in [0.2, 0.25) is 15.9 Å². The molecule has 1 aromatic carbocycles. The number of hydrogen-bond donors (Lipinski definition) is 2. The molecule has 0 saturated heterocycles. The smallest absolute Gasteiger partial charge is 0.273 e. The van der Waals surface area contributed by atoms with Gasteiger partial charge in [-0.15, -0.1) is 0 Å². The molecule has 0 aliphatic carbocycles. The van der Waals surface area contributed by atoms with Crippen LogP contribution in [0.15, 0.2) is 29.3 Å². The number of rotatable bonds is 4. The number of amides is 1. The molecule has 0 aliphatic rings. The molecule has 0 atom stereocenters. The quantitative estimate of drug-likeness (QED) is 0.882. The molecule has 2 aromatic rings. The summed E-state index contributed by atoms with van der Waals surface area (Å²) in [4.78, 5) is 15.6. The van der Waals surface area contributed by atoms with Crippen molar-refractivity contribution in [3.63, 3.8) is 0 Å². The van der Waals surface area contributed by atoms with Crippen LogP contribution in [0.2, 0.25) is 0 Å². The molecule has 0 bridgehead atoms. The van der Waals surface area contributed by atoms with E-state index in [-0.39, 0.29) is 10.8 Å². The van der Waals surface area contributed by atoms with E-state index in [1.807, 2.05) is 0 Å². The van der Waals surface area contributed by atoms with E-state index in [9.17, 15) is 13.2 Å². The summed E-state index contributed by atoms with van der Waals surface area (Å²) < 4.78 is 28.5. The lowest BCUT2D eigenvalue weighted by Crippen LogP contribution is -2.14. The number of primary sulfonamides is 1. The molecule has 0 unspecified atom stereocenters. The average Bonchev–Trinajstić information content (AvgIpc) is 2.85. The molecule has 1 heterocycles. The van der Waals surface area contributed by atoms with Gasteiger partial charge in [0.05, 0.1) is 16.9 Å². The summed E-state index contributed by atoms with van der Waals surface area (Å²) in [6.07, 6.45) is 1.51. The third-order valence-corrected chi connectivity index (χ3v) is 4.48. The van der Waals surface area contributed by atoms with Gasteiger partial charge in [-0.05, 0) is 12.1 Å². The lowest BCUT2D eigenvalue weighted by atomic mass is 10.2. The van der Waals surface area contributed by atoms with E-state index in [0.717, 1.165) is 0 Å². The maximum absolute atomic E-state index is 11.8. The highest BCUT2D eigenvalue weighted by atomic mass is 32.2. The fraction of sp³-hybridized carbons (Fsp3) is 0.167. The fourth-order valence-electron chi connectivity index (χ4n) is 1.72. The van der Waals surface area contributed by atoms with Crippen LogP contribution < -0.4 is 15.2 Å². The van der Waals surface area contributed by atoms with Crippen LogP contribution in [0.1, 0.15) is 6.92 Å². The van der Waals surface area contributed by atoms with E-state index in [1.54, 1.807) is 12.1 Å². The number of methoxy groups -OCH3 is 1. The van der Waals surface area contributed by atoms with Crippen LogP contribution in [0.4, 0.5) is 5.69 Å². The van der Waals surface area contributed by atoms with Gasteiger partial charge in [-0.1, -0.05) is 17.4 Å². The summed E-state index contributed by atoms with van der Waals surface area (Å²) in [6.45, 7) is 1.33. The summed E-state index contributed by atoms with van der Waals surface area (Å²) in [7, 11) is -2.48. The SMILES string of the molecule is COc1ncc(-c2ccc(NC(C)=O)cc2S(N)(=O)=O)s1. The molecule has 0 aliphatic heterocycles. The first-order chi connectivity index (χ1) is 9.81. The molecule has 1 amide bonds. The number of ether oxygens (including phenoxy) is 1. The number of carbonyl (C=O) groups excluding carboxylic acids is 1. The molecule has 3 N–H and O–H groups in total. The van der Waals surface area contributed by atoms with Crippen LogP contribution in [0.25, 0.3) is 10.4 Å². The van der Waals surface area contributed by atoms with Crippen molar-refractivity contribution in [3.05, 3.63) is 24.4 Å². The van der Waals surface area contributed by atoms with Gasteiger partial charge in [0.1, 0.15) is 0 Å². The van der Waals surface area contributed by atoms with Crippen molar-refractivity contribution in [1.29, 1.82) is 0 Å². The standard InChI is InChI=1S/C12H13N3O4S2/c1-7(16)15-8-3-4-9(11(5-8)21(13,17)18)10-6-14-12(19-2)20-10/h3-6H,1-2H3,(H,15,16)(H2,13,17,18). The maximum Gasteiger partial charge on any atom is 0.273 e. The van der Waals surface area contributed by atoms with Gasteiger partial charge < -0.3 is 10.1 Å². The normalized spacial score (nSPS) is 11.2. The van der Waals surface area contributed by atoms with E-state index in [2.05, 4.69) is 10.3 Å². The Morgan fingerprint density at radius 3 is 2.67 bits per heavy atom. The highest BCUT2D eigenvalue weighted by Gasteiger charge is 2.18. The van der Waals surface area contributed by atoms with Crippen LogP contribution >= 0.6 is 11.3 Å². The predicted molar refractivity (Wildman–Crippen MR) is 79.8 cm³/mol. The minimum atomic E-state index is -3.95. The number of nitrogens with one attached hydrogen (secondary N) is 1. The minimum absolute atomic E-state index is 0.0833. The lowest BCUT2D eigenvalue weighted by molar-refractivity contribution is -0.114. The number of hydrogen-bond acceptors (Lipinski definition) is 6. The largest absolute Gasteiger partial charge is 0.473 e. The van der Waals surface area contributed by atoms with Crippen LogP contribution in [-0.4, -0.2) is 26.4 Å². The first-order valence-electron chi connectivity index (χ1n) is 5.76. The van der Waals surface area contributed by atoms with Crippen molar-refractivity contribution in [2.24, 2.45) is 5.14 Å². The zero-order valence-electron chi connectivity index (χ0n) is 11.3. The van der Waals surface area contributed by atoms with E-state index < -0.39 is 10.0 Å². The topological polar surface area (TPSA) is 111 Å². The molecule has 2 rings (SSSR count). The number of sulfonamides is 1. The van der Waals surface area contributed by atoms with E-state index in [0.29, 0.717) is 21.3 Å². The monoisotopic (exact) mass is 327 g/mol. The third-order valence-electron chi connectivity index (χ3n) is 2.53. The van der Waals surface area contributed by atoms with Crippen molar-refractivity contribution < 1.29 is 17.9 Å². The van der Waals surface area contributed by atoms with Gasteiger partial charge in [0, 0.05) is 24.4 Å². The summed E-state index contributed by atoms with van der Waals surface area (Å²) in [6, 6.07) is 4.48. The van der Waals surface area contributed by atoms with Crippen molar-refractivity contribution in [2.75, 3.05) is 12.4 Å². The molecule has 0 spiro atoms. The van der Waals surface area contributed by atoms with Crippen LogP contribution in [0, 0.1) is 0 Å². The fourth-order valence-corrected chi connectivity index (χ4v) is 3.33. The molecular formula is C12H13N3O4S2. The molecule has 0 fully saturated rings. The second-order valence-electron chi connectivity index (χ2n) is 4.13.